The summed E-state index contributed by atoms with van der Waals surface area (Å²) >= 11 is 0. The number of alkyl halides is 5. The molecule has 3 rings (SSSR count). The Bertz CT molecular complexity index is 752. The topological polar surface area (TPSA) is 43.4 Å². The van der Waals surface area contributed by atoms with E-state index in [1.807, 2.05) is 0 Å². The molecule has 0 amide bonds. The van der Waals surface area contributed by atoms with Crippen molar-refractivity contribution in [3.63, 3.8) is 0 Å². The summed E-state index contributed by atoms with van der Waals surface area (Å²) in [6.07, 6.45) is -5.02. The molecule has 23 heavy (non-hydrogen) atoms. The standard InChI is InChI=1S/C14H13F5O3S/c1-23(20,21)10-3-2-9(22-7-4-13(16,17)5-7)11-8(10)6-14(18,19)12(11)15/h2-3,7,12H,4-6H2,1H3/t12-/m1/s1. The molecule has 0 heterocycles. The van der Waals surface area contributed by atoms with Crippen molar-refractivity contribution in [2.24, 2.45) is 0 Å². The minimum absolute atomic E-state index is 0.294. The van der Waals surface area contributed by atoms with Crippen molar-refractivity contribution in [1.29, 1.82) is 0 Å². The highest BCUT2D eigenvalue weighted by molar-refractivity contribution is 7.90. The SMILES string of the molecule is CS(=O)(=O)c1ccc(OC2CC(F)(F)C2)c2c1CC(F)(F)[C@@H]2F. The maximum atomic E-state index is 14.1. The number of ether oxygens (including phenoxy) is 1. The molecule has 0 aromatic heterocycles. The van der Waals surface area contributed by atoms with Crippen molar-refractivity contribution in [2.75, 3.05) is 6.26 Å². The average molecular weight is 356 g/mol. The molecule has 2 aliphatic rings. The van der Waals surface area contributed by atoms with Gasteiger partial charge in [-0.2, -0.15) is 0 Å². The lowest BCUT2D eigenvalue weighted by molar-refractivity contribution is -0.135. The molecule has 0 aliphatic heterocycles. The lowest BCUT2D eigenvalue weighted by Crippen LogP contribution is -2.43. The first kappa shape index (κ1) is 16.5. The van der Waals surface area contributed by atoms with Crippen LogP contribution in [0.1, 0.15) is 30.1 Å². The minimum atomic E-state index is -3.83. The number of rotatable bonds is 3. The van der Waals surface area contributed by atoms with E-state index < -0.39 is 63.7 Å². The summed E-state index contributed by atoms with van der Waals surface area (Å²) in [5.74, 6) is -6.93. The second-order valence-corrected chi connectivity index (χ2v) is 8.01. The minimum Gasteiger partial charge on any atom is -0.490 e. The predicted molar refractivity (Wildman–Crippen MR) is 70.6 cm³/mol. The van der Waals surface area contributed by atoms with Crippen LogP contribution in [0, 0.1) is 0 Å². The van der Waals surface area contributed by atoms with Gasteiger partial charge in [0.05, 0.1) is 4.90 Å². The monoisotopic (exact) mass is 356 g/mol. The Hall–Kier alpha value is -1.38. The molecular weight excluding hydrogens is 343 g/mol. The Morgan fingerprint density at radius 2 is 1.78 bits per heavy atom. The van der Waals surface area contributed by atoms with Gasteiger partial charge in [-0.05, 0) is 17.7 Å². The highest BCUT2D eigenvalue weighted by Crippen LogP contribution is 2.52. The highest BCUT2D eigenvalue weighted by atomic mass is 32.2. The van der Waals surface area contributed by atoms with Crippen LogP contribution in [-0.4, -0.2) is 32.6 Å². The van der Waals surface area contributed by atoms with Gasteiger partial charge in [0.15, 0.2) is 16.0 Å². The normalized spacial score (nSPS) is 25.7. The molecular formula is C14H13F5O3S. The van der Waals surface area contributed by atoms with E-state index in [4.69, 9.17) is 4.74 Å². The van der Waals surface area contributed by atoms with Crippen LogP contribution in [0.3, 0.4) is 0 Å². The van der Waals surface area contributed by atoms with Crippen molar-refractivity contribution < 1.29 is 35.1 Å². The van der Waals surface area contributed by atoms with Crippen LogP contribution < -0.4 is 4.74 Å². The van der Waals surface area contributed by atoms with Crippen molar-refractivity contribution >= 4 is 9.84 Å². The van der Waals surface area contributed by atoms with E-state index in [0.717, 1.165) is 18.4 Å². The summed E-state index contributed by atoms with van der Waals surface area (Å²) in [5.41, 5.74) is -0.887. The molecule has 2 aliphatic carbocycles. The molecule has 1 aromatic rings. The van der Waals surface area contributed by atoms with E-state index >= 15 is 0 Å². The fraction of sp³-hybridized carbons (Fsp3) is 0.571. The van der Waals surface area contributed by atoms with Crippen molar-refractivity contribution in [1.82, 2.24) is 0 Å². The van der Waals surface area contributed by atoms with E-state index in [1.165, 1.54) is 0 Å². The third-order valence-electron chi connectivity index (χ3n) is 4.06. The fourth-order valence-electron chi connectivity index (χ4n) is 2.94. The fourth-order valence-corrected chi connectivity index (χ4v) is 3.88. The van der Waals surface area contributed by atoms with E-state index in [9.17, 15) is 30.4 Å². The average Bonchev–Trinajstić information content (AvgIpc) is 2.57. The van der Waals surface area contributed by atoms with Gasteiger partial charge in [-0.25, -0.2) is 30.4 Å². The van der Waals surface area contributed by atoms with Gasteiger partial charge >= 0.3 is 0 Å². The summed E-state index contributed by atoms with van der Waals surface area (Å²) in [6.45, 7) is 0. The van der Waals surface area contributed by atoms with Gasteiger partial charge in [0.25, 0.3) is 11.8 Å². The number of fused-ring (bicyclic) bond motifs is 1. The second kappa shape index (κ2) is 4.81. The molecule has 9 heteroatoms. The van der Waals surface area contributed by atoms with E-state index in [2.05, 4.69) is 0 Å². The van der Waals surface area contributed by atoms with Crippen LogP contribution in [0.2, 0.25) is 0 Å². The van der Waals surface area contributed by atoms with Crippen LogP contribution in [0.15, 0.2) is 17.0 Å². The lowest BCUT2D eigenvalue weighted by atomic mass is 9.91. The van der Waals surface area contributed by atoms with E-state index in [0.29, 0.717) is 0 Å². The molecule has 0 bridgehead atoms. The van der Waals surface area contributed by atoms with Crippen LogP contribution in [0.5, 0.6) is 5.75 Å². The summed E-state index contributed by atoms with van der Waals surface area (Å²) in [6, 6.07) is 2.11. The molecule has 0 radical (unpaired) electrons. The molecule has 1 fully saturated rings. The smallest absolute Gasteiger partial charge is 0.287 e. The van der Waals surface area contributed by atoms with Gasteiger partial charge in [0.1, 0.15) is 11.9 Å². The number of hydrogen-bond donors (Lipinski definition) is 0. The van der Waals surface area contributed by atoms with Crippen molar-refractivity contribution in [3.05, 3.63) is 23.3 Å². The van der Waals surface area contributed by atoms with Crippen molar-refractivity contribution in [3.8, 4) is 5.75 Å². The molecule has 128 valence electrons. The first-order valence-corrected chi connectivity index (χ1v) is 8.72. The first-order valence-electron chi connectivity index (χ1n) is 6.83. The summed E-state index contributed by atoms with van der Waals surface area (Å²) < 4.78 is 95.7. The third kappa shape index (κ3) is 2.79. The van der Waals surface area contributed by atoms with Gasteiger partial charge < -0.3 is 4.74 Å². The van der Waals surface area contributed by atoms with E-state index in [1.54, 1.807) is 0 Å². The zero-order valence-corrected chi connectivity index (χ0v) is 12.8. The molecule has 1 aromatic carbocycles. The van der Waals surface area contributed by atoms with Gasteiger partial charge in [0, 0.05) is 31.1 Å². The number of benzene rings is 1. The summed E-state index contributed by atoms with van der Waals surface area (Å²) in [5, 5.41) is 0. The summed E-state index contributed by atoms with van der Waals surface area (Å²) in [7, 11) is -3.83. The lowest BCUT2D eigenvalue weighted by Gasteiger charge is -2.35. The Morgan fingerprint density at radius 1 is 1.17 bits per heavy atom. The van der Waals surface area contributed by atoms with Gasteiger partial charge in [-0.3, -0.25) is 0 Å². The molecule has 1 saturated carbocycles. The first-order chi connectivity index (χ1) is 10.4. The highest BCUT2D eigenvalue weighted by Gasteiger charge is 2.53. The third-order valence-corrected chi connectivity index (χ3v) is 5.24. The maximum Gasteiger partial charge on any atom is 0.287 e. The molecule has 0 spiro atoms. The van der Waals surface area contributed by atoms with Crippen LogP contribution >= 0.6 is 0 Å². The molecule has 0 unspecified atom stereocenters. The van der Waals surface area contributed by atoms with Gasteiger partial charge in [0.2, 0.25) is 0 Å². The molecule has 3 nitrogen and oxygen atoms in total. The van der Waals surface area contributed by atoms with Crippen LogP contribution in [0.4, 0.5) is 22.0 Å². The zero-order valence-electron chi connectivity index (χ0n) is 12.0. The van der Waals surface area contributed by atoms with Gasteiger partial charge in [-0.15, -0.1) is 0 Å². The number of halogens is 5. The zero-order chi connectivity index (χ0) is 17.2. The Labute approximate surface area is 129 Å². The molecule has 1 atom stereocenters. The Morgan fingerprint density at radius 3 is 2.30 bits per heavy atom. The maximum absolute atomic E-state index is 14.1. The summed E-state index contributed by atoms with van der Waals surface area (Å²) in [4.78, 5) is -0.390. The Balaban J connectivity index is 2.02. The van der Waals surface area contributed by atoms with E-state index in [-0.39, 0.29) is 11.3 Å². The molecule has 0 saturated heterocycles. The van der Waals surface area contributed by atoms with Crippen molar-refractivity contribution in [2.45, 2.75) is 48.3 Å². The van der Waals surface area contributed by atoms with Crippen LogP contribution in [-0.2, 0) is 16.3 Å². The largest absolute Gasteiger partial charge is 0.490 e. The number of hydrogen-bond acceptors (Lipinski definition) is 3. The Kier molecular flexibility index (Phi) is 3.45. The predicted octanol–water partition coefficient (Wildman–Crippen LogP) is 3.47. The molecule has 0 N–H and O–H groups in total. The second-order valence-electron chi connectivity index (χ2n) is 6.03. The quantitative estimate of drug-likeness (QED) is 0.779. The number of sulfone groups is 1. The van der Waals surface area contributed by atoms with Gasteiger partial charge in [-0.1, -0.05) is 0 Å². The van der Waals surface area contributed by atoms with Crippen LogP contribution in [0.25, 0.3) is 0 Å².